The number of hydrogen-bond acceptors (Lipinski definition) is 4. The van der Waals surface area contributed by atoms with Gasteiger partial charge in [0.05, 0.1) is 18.3 Å². The minimum atomic E-state index is -0.331. The van der Waals surface area contributed by atoms with E-state index in [9.17, 15) is 10.1 Å². The van der Waals surface area contributed by atoms with E-state index in [1.807, 2.05) is 49.8 Å². The Labute approximate surface area is 163 Å². The molecule has 2 heterocycles. The summed E-state index contributed by atoms with van der Waals surface area (Å²) < 4.78 is 1.78. The van der Waals surface area contributed by atoms with Gasteiger partial charge in [0, 0.05) is 52.5 Å². The lowest BCUT2D eigenvalue weighted by Crippen LogP contribution is -2.36. The van der Waals surface area contributed by atoms with Gasteiger partial charge in [0.15, 0.2) is 5.78 Å². The van der Waals surface area contributed by atoms with E-state index in [0.717, 1.165) is 33.5 Å². The lowest BCUT2D eigenvalue weighted by Gasteiger charge is -2.34. The average Bonchev–Trinajstić information content (AvgIpc) is 3.29. The Kier molecular flexibility index (Phi) is 3.33. The number of hydrogen-bond donors (Lipinski definition) is 1. The lowest BCUT2D eigenvalue weighted by atomic mass is 9.69. The summed E-state index contributed by atoms with van der Waals surface area (Å²) in [6.07, 6.45) is 9.55. The molecule has 0 amide bonds. The number of aryl methyl sites for hydroxylation is 1. The zero-order valence-electron chi connectivity index (χ0n) is 16.0. The van der Waals surface area contributed by atoms with Crippen LogP contribution in [0.3, 0.4) is 0 Å². The van der Waals surface area contributed by atoms with E-state index in [1.54, 1.807) is 4.68 Å². The van der Waals surface area contributed by atoms with E-state index in [0.29, 0.717) is 5.57 Å². The number of rotatable bonds is 1. The Balaban J connectivity index is 1.63. The van der Waals surface area contributed by atoms with Crippen LogP contribution in [-0.2, 0) is 12.5 Å². The number of Topliss-reactive ketones (excluding diaryl/α,β-unsaturated/α-hetero) is 1. The van der Waals surface area contributed by atoms with Crippen molar-refractivity contribution in [2.45, 2.75) is 25.3 Å². The van der Waals surface area contributed by atoms with E-state index >= 15 is 0 Å². The van der Waals surface area contributed by atoms with Gasteiger partial charge in [-0.05, 0) is 29.3 Å². The van der Waals surface area contributed by atoms with Crippen molar-refractivity contribution in [1.29, 1.82) is 5.26 Å². The molecule has 0 saturated heterocycles. The molecule has 138 valence electrons. The molecule has 0 spiro atoms. The highest BCUT2D eigenvalue weighted by atomic mass is 16.1. The monoisotopic (exact) mass is 368 g/mol. The fourth-order valence-electron chi connectivity index (χ4n) is 4.64. The average molecular weight is 368 g/mol. The number of nitrogens with zero attached hydrogens (tertiary/aromatic N) is 3. The van der Waals surface area contributed by atoms with Crippen LogP contribution in [0.1, 0.15) is 29.8 Å². The first-order chi connectivity index (χ1) is 13.4. The van der Waals surface area contributed by atoms with Crippen molar-refractivity contribution in [3.63, 3.8) is 0 Å². The van der Waals surface area contributed by atoms with Crippen LogP contribution in [0, 0.1) is 17.2 Å². The maximum Gasteiger partial charge on any atom is 0.191 e. The van der Waals surface area contributed by atoms with Crippen molar-refractivity contribution >= 4 is 5.78 Å². The normalized spacial score (nSPS) is 24.1. The third kappa shape index (κ3) is 2.18. The van der Waals surface area contributed by atoms with E-state index in [4.69, 9.17) is 0 Å². The summed E-state index contributed by atoms with van der Waals surface area (Å²) in [5, 5.41) is 17.0. The fraction of sp³-hybridized carbons (Fsp3) is 0.261. The molecular formula is C23H20N4O. The summed E-state index contributed by atoms with van der Waals surface area (Å²) in [5.41, 5.74) is 5.99. The molecule has 0 radical (unpaired) electrons. The summed E-state index contributed by atoms with van der Waals surface area (Å²) in [5.74, 6) is 0.0607. The van der Waals surface area contributed by atoms with Crippen LogP contribution in [0.15, 0.2) is 65.7 Å². The highest BCUT2D eigenvalue weighted by Gasteiger charge is 2.47. The van der Waals surface area contributed by atoms with Gasteiger partial charge in [0.25, 0.3) is 0 Å². The summed E-state index contributed by atoms with van der Waals surface area (Å²) in [6, 6.07) is 8.22. The Bertz CT molecular complexity index is 1170. The first kappa shape index (κ1) is 16.8. The second-order valence-electron chi connectivity index (χ2n) is 8.19. The molecule has 1 aliphatic heterocycles. The number of carbonyl (C=O) groups is 1. The number of nitrogens with one attached hydrogen (secondary N) is 1. The van der Waals surface area contributed by atoms with Gasteiger partial charge in [-0.25, -0.2) is 0 Å². The van der Waals surface area contributed by atoms with Crippen molar-refractivity contribution < 1.29 is 4.79 Å². The summed E-state index contributed by atoms with van der Waals surface area (Å²) in [4.78, 5) is 13.4. The van der Waals surface area contributed by atoms with Gasteiger partial charge in [0.2, 0.25) is 0 Å². The SMILES string of the molecule is Cn1cc(-c2ccc3c(c2)C(C)(C)C2=C(C3=O)C3C=CC(C#N)=CC3N2)cn1. The summed E-state index contributed by atoms with van der Waals surface area (Å²) >= 11 is 0. The van der Waals surface area contributed by atoms with Crippen molar-refractivity contribution in [3.8, 4) is 17.2 Å². The summed E-state index contributed by atoms with van der Waals surface area (Å²) in [7, 11) is 1.90. The lowest BCUT2D eigenvalue weighted by molar-refractivity contribution is 0.102. The van der Waals surface area contributed by atoms with Gasteiger partial charge < -0.3 is 5.32 Å². The van der Waals surface area contributed by atoms with Gasteiger partial charge in [-0.1, -0.05) is 32.1 Å². The van der Waals surface area contributed by atoms with Crippen molar-refractivity contribution in [2.24, 2.45) is 13.0 Å². The zero-order chi connectivity index (χ0) is 19.6. The molecule has 1 N–H and O–H groups in total. The van der Waals surface area contributed by atoms with Crippen LogP contribution in [0.25, 0.3) is 11.1 Å². The van der Waals surface area contributed by atoms with Gasteiger partial charge >= 0.3 is 0 Å². The summed E-state index contributed by atoms with van der Waals surface area (Å²) in [6.45, 7) is 4.31. The van der Waals surface area contributed by atoms with Gasteiger partial charge in [-0.2, -0.15) is 10.4 Å². The topological polar surface area (TPSA) is 70.7 Å². The number of fused-ring (bicyclic) bond motifs is 3. The number of aromatic nitrogens is 2. The Hall–Kier alpha value is -3.39. The molecule has 2 unspecified atom stereocenters. The van der Waals surface area contributed by atoms with Crippen LogP contribution in [0.4, 0.5) is 0 Å². The highest BCUT2D eigenvalue weighted by Crippen LogP contribution is 2.47. The number of nitriles is 1. The minimum absolute atomic E-state index is 0.0231. The standard InChI is InChI=1S/C23H20N4O/c1-23(2)18-9-14(15-11-25-27(3)12-15)5-7-16(18)21(28)20-17-6-4-13(10-24)8-19(17)26-22(20)23/h4-9,11-12,17,19,26H,1-3H3. The molecular weight excluding hydrogens is 348 g/mol. The molecule has 5 rings (SSSR count). The van der Waals surface area contributed by atoms with Crippen LogP contribution in [-0.4, -0.2) is 21.6 Å². The predicted octanol–water partition coefficient (Wildman–Crippen LogP) is 3.42. The molecule has 2 atom stereocenters. The number of ketones is 1. The van der Waals surface area contributed by atoms with Crippen molar-refractivity contribution in [2.75, 3.05) is 0 Å². The Morgan fingerprint density at radius 2 is 2.11 bits per heavy atom. The molecule has 2 aliphatic carbocycles. The predicted molar refractivity (Wildman–Crippen MR) is 106 cm³/mol. The first-order valence-electron chi connectivity index (χ1n) is 9.39. The van der Waals surface area contributed by atoms with Crippen LogP contribution in [0.2, 0.25) is 0 Å². The smallest absolute Gasteiger partial charge is 0.191 e. The molecule has 0 saturated carbocycles. The second-order valence-corrected chi connectivity index (χ2v) is 8.19. The molecule has 1 aromatic carbocycles. The van der Waals surface area contributed by atoms with Crippen LogP contribution < -0.4 is 5.32 Å². The van der Waals surface area contributed by atoms with Crippen molar-refractivity contribution in [1.82, 2.24) is 15.1 Å². The second kappa shape index (κ2) is 5.56. The zero-order valence-corrected chi connectivity index (χ0v) is 16.0. The minimum Gasteiger partial charge on any atom is -0.380 e. The molecule has 2 aromatic rings. The quantitative estimate of drug-likeness (QED) is 0.837. The third-order valence-electron chi connectivity index (χ3n) is 6.12. The van der Waals surface area contributed by atoms with Gasteiger partial charge in [-0.3, -0.25) is 9.48 Å². The van der Waals surface area contributed by atoms with Crippen LogP contribution >= 0.6 is 0 Å². The van der Waals surface area contributed by atoms with E-state index in [1.165, 1.54) is 0 Å². The maximum atomic E-state index is 13.4. The van der Waals surface area contributed by atoms with E-state index in [2.05, 4.69) is 36.4 Å². The van der Waals surface area contributed by atoms with E-state index in [-0.39, 0.29) is 23.2 Å². The van der Waals surface area contributed by atoms with Crippen LogP contribution in [0.5, 0.6) is 0 Å². The fourth-order valence-corrected chi connectivity index (χ4v) is 4.64. The maximum absolute atomic E-state index is 13.4. The third-order valence-corrected chi connectivity index (χ3v) is 6.12. The van der Waals surface area contributed by atoms with Gasteiger partial charge in [0.1, 0.15) is 0 Å². The van der Waals surface area contributed by atoms with E-state index < -0.39 is 0 Å². The molecule has 1 aromatic heterocycles. The molecule has 0 fully saturated rings. The number of benzene rings is 1. The largest absolute Gasteiger partial charge is 0.380 e. The molecule has 5 nitrogen and oxygen atoms in total. The molecule has 28 heavy (non-hydrogen) atoms. The molecule has 5 heteroatoms. The first-order valence-corrected chi connectivity index (χ1v) is 9.39. The van der Waals surface area contributed by atoms with Gasteiger partial charge in [-0.15, -0.1) is 0 Å². The molecule has 3 aliphatic rings. The number of carbonyl (C=O) groups excluding carboxylic acids is 1. The molecule has 0 bridgehead atoms. The Morgan fingerprint density at radius 1 is 1.29 bits per heavy atom. The van der Waals surface area contributed by atoms with Crippen molar-refractivity contribution in [3.05, 3.63) is 76.8 Å². The Morgan fingerprint density at radius 3 is 2.82 bits per heavy atom. The number of allylic oxidation sites excluding steroid dienone is 3. The highest BCUT2D eigenvalue weighted by molar-refractivity contribution is 6.13.